The molecule has 0 aromatic rings. The van der Waals surface area contributed by atoms with Gasteiger partial charge in [0, 0.05) is 11.8 Å². The van der Waals surface area contributed by atoms with E-state index in [1.165, 1.54) is 25.7 Å². The molecular formula is C24H36O4. The minimum absolute atomic E-state index is 0.00668. The van der Waals surface area contributed by atoms with E-state index in [0.29, 0.717) is 17.8 Å². The molecule has 6 aliphatic carbocycles. The first-order valence-corrected chi connectivity index (χ1v) is 11.9. The van der Waals surface area contributed by atoms with Gasteiger partial charge in [-0.2, -0.15) is 0 Å². The second-order valence-electron chi connectivity index (χ2n) is 10.8. The molecule has 0 heterocycles. The maximum absolute atomic E-state index is 13.3. The fraction of sp³-hybridized carbons (Fsp3) is 0.917. The van der Waals surface area contributed by atoms with E-state index >= 15 is 0 Å². The van der Waals surface area contributed by atoms with Crippen LogP contribution in [0.3, 0.4) is 0 Å². The van der Waals surface area contributed by atoms with Gasteiger partial charge in [0.05, 0.1) is 11.8 Å². The zero-order valence-electron chi connectivity index (χ0n) is 17.7. The lowest BCUT2D eigenvalue weighted by atomic mass is 9.73. The molecule has 4 heteroatoms. The zero-order valence-corrected chi connectivity index (χ0v) is 17.7. The standard InChI is InChI=1S/C24H36O4/c1-4-15(5-2)22(25)27-21-11-14-8-18(21)19(9-14)23(26)28-24(3)17-7-13-6-16(12-17)20(24)10-13/h13-21H,4-12H2,1-3H3. The number of carbonyl (C=O) groups is 2. The van der Waals surface area contributed by atoms with Crippen molar-refractivity contribution >= 4 is 11.9 Å². The van der Waals surface area contributed by atoms with Crippen LogP contribution >= 0.6 is 0 Å². The fourth-order valence-corrected chi connectivity index (χ4v) is 8.04. The predicted octanol–water partition coefficient (Wildman–Crippen LogP) is 4.75. The molecule has 0 N–H and O–H groups in total. The molecule has 6 saturated carbocycles. The quantitative estimate of drug-likeness (QED) is 0.616. The summed E-state index contributed by atoms with van der Waals surface area (Å²) in [6.07, 6.45) is 9.60. The molecule has 0 saturated heterocycles. The van der Waals surface area contributed by atoms with Gasteiger partial charge in [0.15, 0.2) is 0 Å². The van der Waals surface area contributed by atoms with Crippen molar-refractivity contribution in [2.75, 3.05) is 0 Å². The number of hydrogen-bond acceptors (Lipinski definition) is 4. The summed E-state index contributed by atoms with van der Waals surface area (Å²) < 4.78 is 12.3. The van der Waals surface area contributed by atoms with Gasteiger partial charge in [0.25, 0.3) is 0 Å². The predicted molar refractivity (Wildman–Crippen MR) is 105 cm³/mol. The third-order valence-corrected chi connectivity index (χ3v) is 9.51. The second kappa shape index (κ2) is 6.74. The lowest BCUT2D eigenvalue weighted by Crippen LogP contribution is -2.47. The van der Waals surface area contributed by atoms with Gasteiger partial charge >= 0.3 is 11.9 Å². The highest BCUT2D eigenvalue weighted by atomic mass is 16.6. The van der Waals surface area contributed by atoms with E-state index in [-0.39, 0.29) is 41.4 Å². The molecule has 6 aliphatic rings. The highest BCUT2D eigenvalue weighted by Crippen LogP contribution is 2.64. The normalized spacial score (nSPS) is 47.9. The monoisotopic (exact) mass is 388 g/mol. The summed E-state index contributed by atoms with van der Waals surface area (Å²) in [5.74, 6) is 3.40. The molecule has 0 radical (unpaired) electrons. The SMILES string of the molecule is CCC(CC)C(=O)OC1CC2CC(C(=O)OC3(C)C4CC5CC(C4)C3C5)C1C2. The maximum Gasteiger partial charge on any atom is 0.309 e. The van der Waals surface area contributed by atoms with Gasteiger partial charge in [-0.05, 0) is 88.4 Å². The first-order valence-electron chi connectivity index (χ1n) is 11.9. The van der Waals surface area contributed by atoms with Crippen molar-refractivity contribution in [3.8, 4) is 0 Å². The van der Waals surface area contributed by atoms with E-state index < -0.39 is 0 Å². The van der Waals surface area contributed by atoms with Crippen molar-refractivity contribution in [2.45, 2.75) is 90.3 Å². The van der Waals surface area contributed by atoms with E-state index in [4.69, 9.17) is 9.47 Å². The molecule has 0 aromatic carbocycles. The highest BCUT2D eigenvalue weighted by Gasteiger charge is 2.63. The smallest absolute Gasteiger partial charge is 0.309 e. The van der Waals surface area contributed by atoms with Crippen molar-refractivity contribution in [2.24, 2.45) is 47.3 Å². The van der Waals surface area contributed by atoms with E-state index in [1.54, 1.807) is 0 Å². The molecule has 0 aromatic heterocycles. The number of carbonyl (C=O) groups excluding carboxylic acids is 2. The summed E-state index contributed by atoms with van der Waals surface area (Å²) in [4.78, 5) is 25.7. The summed E-state index contributed by atoms with van der Waals surface area (Å²) in [7, 11) is 0. The van der Waals surface area contributed by atoms with Crippen LogP contribution in [0.25, 0.3) is 0 Å². The van der Waals surface area contributed by atoms with Crippen molar-refractivity contribution in [3.63, 3.8) is 0 Å². The van der Waals surface area contributed by atoms with Gasteiger partial charge in [-0.3, -0.25) is 9.59 Å². The van der Waals surface area contributed by atoms with Gasteiger partial charge in [0.1, 0.15) is 11.7 Å². The Morgan fingerprint density at radius 1 is 0.964 bits per heavy atom. The minimum atomic E-state index is -0.238. The van der Waals surface area contributed by atoms with Gasteiger partial charge in [-0.25, -0.2) is 0 Å². The topological polar surface area (TPSA) is 52.6 Å². The van der Waals surface area contributed by atoms with Gasteiger partial charge in [-0.1, -0.05) is 13.8 Å². The second-order valence-corrected chi connectivity index (χ2v) is 10.8. The Hall–Kier alpha value is -1.06. The fourth-order valence-electron chi connectivity index (χ4n) is 8.04. The molecule has 9 unspecified atom stereocenters. The van der Waals surface area contributed by atoms with Crippen molar-refractivity contribution in [1.29, 1.82) is 0 Å². The van der Waals surface area contributed by atoms with Crippen molar-refractivity contribution < 1.29 is 19.1 Å². The Labute approximate surface area is 169 Å². The number of rotatable bonds is 6. The van der Waals surface area contributed by atoms with Crippen LogP contribution in [0.5, 0.6) is 0 Å². The molecule has 156 valence electrons. The third kappa shape index (κ3) is 2.76. The molecule has 6 bridgehead atoms. The molecular weight excluding hydrogens is 352 g/mol. The average Bonchev–Trinajstić information content (AvgIpc) is 3.37. The third-order valence-electron chi connectivity index (χ3n) is 9.51. The van der Waals surface area contributed by atoms with E-state index in [2.05, 4.69) is 6.92 Å². The number of hydrogen-bond donors (Lipinski definition) is 0. The molecule has 6 rings (SSSR count). The molecule has 0 amide bonds. The van der Waals surface area contributed by atoms with Gasteiger partial charge in [0.2, 0.25) is 0 Å². The highest BCUT2D eigenvalue weighted by molar-refractivity contribution is 5.75. The Kier molecular flexibility index (Phi) is 4.56. The Morgan fingerprint density at radius 2 is 1.71 bits per heavy atom. The lowest BCUT2D eigenvalue weighted by molar-refractivity contribution is -0.182. The Morgan fingerprint density at radius 3 is 2.39 bits per heavy atom. The molecule has 9 atom stereocenters. The first-order chi connectivity index (χ1) is 13.4. The molecule has 28 heavy (non-hydrogen) atoms. The Bertz CT molecular complexity index is 651. The summed E-state index contributed by atoms with van der Waals surface area (Å²) >= 11 is 0. The minimum Gasteiger partial charge on any atom is -0.462 e. The molecule has 0 spiro atoms. The largest absolute Gasteiger partial charge is 0.462 e. The maximum atomic E-state index is 13.3. The van der Waals surface area contributed by atoms with Crippen molar-refractivity contribution in [3.05, 3.63) is 0 Å². The molecule has 4 nitrogen and oxygen atoms in total. The summed E-state index contributed by atoms with van der Waals surface area (Å²) in [5, 5.41) is 0. The van der Waals surface area contributed by atoms with Gasteiger partial charge in [-0.15, -0.1) is 0 Å². The molecule has 6 fully saturated rings. The average molecular weight is 389 g/mol. The number of fused-ring (bicyclic) bond motifs is 2. The number of ether oxygens (including phenoxy) is 2. The van der Waals surface area contributed by atoms with E-state index in [1.807, 2.05) is 13.8 Å². The summed E-state index contributed by atoms with van der Waals surface area (Å²) in [6, 6.07) is 0. The van der Waals surface area contributed by atoms with Crippen LogP contribution in [0.2, 0.25) is 0 Å². The van der Waals surface area contributed by atoms with Crippen LogP contribution in [0, 0.1) is 47.3 Å². The molecule has 0 aliphatic heterocycles. The zero-order chi connectivity index (χ0) is 19.6. The van der Waals surface area contributed by atoms with Gasteiger partial charge < -0.3 is 9.47 Å². The summed E-state index contributed by atoms with van der Waals surface area (Å²) in [6.45, 7) is 6.31. The van der Waals surface area contributed by atoms with Crippen LogP contribution in [0.4, 0.5) is 0 Å². The van der Waals surface area contributed by atoms with Crippen molar-refractivity contribution in [1.82, 2.24) is 0 Å². The first kappa shape index (κ1) is 18.9. The van der Waals surface area contributed by atoms with Crippen LogP contribution in [0.15, 0.2) is 0 Å². The van der Waals surface area contributed by atoms with E-state index in [0.717, 1.165) is 43.9 Å². The van der Waals surface area contributed by atoms with Crippen LogP contribution in [-0.2, 0) is 19.1 Å². The summed E-state index contributed by atoms with van der Waals surface area (Å²) in [5.41, 5.74) is -0.238. The lowest BCUT2D eigenvalue weighted by Gasteiger charge is -2.42. The van der Waals surface area contributed by atoms with E-state index in [9.17, 15) is 9.59 Å². The van der Waals surface area contributed by atoms with Crippen LogP contribution in [0.1, 0.15) is 78.6 Å². The van der Waals surface area contributed by atoms with Crippen LogP contribution in [-0.4, -0.2) is 23.6 Å². The number of esters is 2. The Balaban J connectivity index is 1.25. The van der Waals surface area contributed by atoms with Crippen LogP contribution < -0.4 is 0 Å².